The van der Waals surface area contributed by atoms with Crippen LogP contribution < -0.4 is 5.32 Å². The van der Waals surface area contributed by atoms with Crippen LogP contribution in [0.3, 0.4) is 0 Å². The molecule has 1 aromatic rings. The van der Waals surface area contributed by atoms with E-state index in [0.717, 1.165) is 12.0 Å². The summed E-state index contributed by atoms with van der Waals surface area (Å²) in [5.41, 5.74) is 2.86. The highest BCUT2D eigenvalue weighted by molar-refractivity contribution is 5.52. The van der Waals surface area contributed by atoms with Crippen LogP contribution in [0.1, 0.15) is 23.5 Å². The molecular weight excluding hydrogens is 202 g/mol. The summed E-state index contributed by atoms with van der Waals surface area (Å²) in [7, 11) is 0. The summed E-state index contributed by atoms with van der Waals surface area (Å²) in [5.74, 6) is -0.185. The Hall–Kier alpha value is -1.61. The summed E-state index contributed by atoms with van der Waals surface area (Å²) in [6.07, 6.45) is 1.73. The Morgan fingerprint density at radius 3 is 3.00 bits per heavy atom. The van der Waals surface area contributed by atoms with Gasteiger partial charge in [0, 0.05) is 11.6 Å². The van der Waals surface area contributed by atoms with Crippen molar-refractivity contribution in [3.05, 3.63) is 47.7 Å². The Morgan fingerprint density at radius 1 is 1.50 bits per heavy atom. The van der Waals surface area contributed by atoms with Crippen LogP contribution in [0.2, 0.25) is 0 Å². The average molecular weight is 217 g/mol. The topological polar surface area (TPSA) is 49.3 Å². The van der Waals surface area contributed by atoms with Crippen molar-refractivity contribution >= 4 is 6.41 Å². The number of amides is 1. The minimum atomic E-state index is -0.463. The molecule has 0 fully saturated rings. The molecular formula is C13H15NO2. The number of aliphatic hydroxyl groups excluding tert-OH is 1. The highest BCUT2D eigenvalue weighted by Gasteiger charge is 2.29. The van der Waals surface area contributed by atoms with E-state index < -0.39 is 6.10 Å². The molecule has 84 valence electrons. The minimum absolute atomic E-state index is 0.185. The molecule has 3 nitrogen and oxygen atoms in total. The molecule has 0 aromatic heterocycles. The monoisotopic (exact) mass is 217 g/mol. The van der Waals surface area contributed by atoms with Crippen LogP contribution in [0, 0.1) is 0 Å². The lowest BCUT2D eigenvalue weighted by Crippen LogP contribution is -2.31. The normalized spacial score (nSPS) is 23.3. The van der Waals surface area contributed by atoms with Crippen molar-refractivity contribution in [3.8, 4) is 0 Å². The van der Waals surface area contributed by atoms with E-state index in [1.54, 1.807) is 0 Å². The number of fused-ring (bicyclic) bond motifs is 1. The van der Waals surface area contributed by atoms with Gasteiger partial charge in [-0.15, -0.1) is 0 Å². The van der Waals surface area contributed by atoms with E-state index in [-0.39, 0.29) is 5.92 Å². The lowest BCUT2D eigenvalue weighted by Gasteiger charge is -2.31. The summed E-state index contributed by atoms with van der Waals surface area (Å²) in [6.45, 7) is 3.82. The Labute approximate surface area is 94.8 Å². The maximum Gasteiger partial charge on any atom is 0.211 e. The van der Waals surface area contributed by atoms with E-state index in [9.17, 15) is 9.90 Å². The number of hydrogen-bond acceptors (Lipinski definition) is 2. The Bertz CT molecular complexity index is 414. The first-order valence-corrected chi connectivity index (χ1v) is 5.39. The molecule has 2 N–H and O–H groups in total. The van der Waals surface area contributed by atoms with E-state index in [2.05, 4.69) is 18.0 Å². The summed E-state index contributed by atoms with van der Waals surface area (Å²) >= 11 is 0. The van der Waals surface area contributed by atoms with Crippen LogP contribution >= 0.6 is 0 Å². The maximum atomic E-state index is 10.4. The second-order valence-corrected chi connectivity index (χ2v) is 4.07. The molecule has 1 amide bonds. The maximum absolute atomic E-state index is 10.4. The fourth-order valence-corrected chi connectivity index (χ4v) is 2.33. The molecule has 2 unspecified atom stereocenters. The average Bonchev–Trinajstić information content (AvgIpc) is 2.29. The number of carbonyl (C=O) groups is 1. The standard InChI is InChI=1S/C13H15NO2/c1-9(14-8-15)13-11-5-3-2-4-10(11)6-7-12(13)16/h2-5,8,12-13,16H,1,6-7H2,(H,14,15). The molecule has 0 saturated heterocycles. The fraction of sp³-hybridized carbons (Fsp3) is 0.308. The van der Waals surface area contributed by atoms with E-state index >= 15 is 0 Å². The van der Waals surface area contributed by atoms with Gasteiger partial charge in [0.25, 0.3) is 0 Å². The lowest BCUT2D eigenvalue weighted by molar-refractivity contribution is -0.109. The smallest absolute Gasteiger partial charge is 0.211 e. The number of aryl methyl sites for hydroxylation is 1. The predicted octanol–water partition coefficient (Wildman–Crippen LogP) is 1.34. The number of aliphatic hydroxyl groups is 1. The van der Waals surface area contributed by atoms with Crippen molar-refractivity contribution in [2.75, 3.05) is 0 Å². The van der Waals surface area contributed by atoms with Gasteiger partial charge in [-0.05, 0) is 24.0 Å². The predicted molar refractivity (Wildman–Crippen MR) is 61.9 cm³/mol. The minimum Gasteiger partial charge on any atom is -0.392 e. The first-order valence-electron chi connectivity index (χ1n) is 5.39. The van der Waals surface area contributed by atoms with Gasteiger partial charge in [0.1, 0.15) is 0 Å². The second-order valence-electron chi connectivity index (χ2n) is 4.07. The van der Waals surface area contributed by atoms with Gasteiger partial charge in [0.05, 0.1) is 6.10 Å². The van der Waals surface area contributed by atoms with Gasteiger partial charge in [0.15, 0.2) is 0 Å². The van der Waals surface area contributed by atoms with E-state index in [0.29, 0.717) is 18.5 Å². The van der Waals surface area contributed by atoms with Gasteiger partial charge in [-0.25, -0.2) is 0 Å². The van der Waals surface area contributed by atoms with Crippen molar-refractivity contribution < 1.29 is 9.90 Å². The van der Waals surface area contributed by atoms with Gasteiger partial charge in [-0.1, -0.05) is 30.8 Å². The van der Waals surface area contributed by atoms with Gasteiger partial charge in [-0.2, -0.15) is 0 Å². The largest absolute Gasteiger partial charge is 0.392 e. The second kappa shape index (κ2) is 4.49. The Kier molecular flexibility index (Phi) is 3.06. The molecule has 0 heterocycles. The molecule has 0 saturated carbocycles. The quantitative estimate of drug-likeness (QED) is 0.750. The molecule has 16 heavy (non-hydrogen) atoms. The van der Waals surface area contributed by atoms with Gasteiger partial charge >= 0.3 is 0 Å². The van der Waals surface area contributed by atoms with Crippen molar-refractivity contribution in [1.82, 2.24) is 5.32 Å². The Balaban J connectivity index is 2.36. The van der Waals surface area contributed by atoms with E-state index in [4.69, 9.17) is 0 Å². The van der Waals surface area contributed by atoms with Crippen LogP contribution in [-0.2, 0) is 11.2 Å². The number of nitrogens with one attached hydrogen (secondary N) is 1. The zero-order chi connectivity index (χ0) is 11.5. The highest BCUT2D eigenvalue weighted by Crippen LogP contribution is 2.35. The molecule has 1 aliphatic carbocycles. The van der Waals surface area contributed by atoms with Crippen LogP contribution in [0.5, 0.6) is 0 Å². The van der Waals surface area contributed by atoms with Crippen LogP contribution in [-0.4, -0.2) is 17.6 Å². The number of rotatable bonds is 3. The summed E-state index contributed by atoms with van der Waals surface area (Å²) in [5, 5.41) is 12.5. The Morgan fingerprint density at radius 2 is 2.25 bits per heavy atom. The zero-order valence-corrected chi connectivity index (χ0v) is 9.02. The molecule has 3 heteroatoms. The summed E-state index contributed by atoms with van der Waals surface area (Å²) in [4.78, 5) is 10.4. The lowest BCUT2D eigenvalue weighted by atomic mass is 9.79. The summed E-state index contributed by atoms with van der Waals surface area (Å²) < 4.78 is 0. The van der Waals surface area contributed by atoms with Crippen LogP contribution in [0.25, 0.3) is 0 Å². The molecule has 0 spiro atoms. The third-order valence-corrected chi connectivity index (χ3v) is 3.10. The molecule has 1 aliphatic rings. The van der Waals surface area contributed by atoms with Crippen molar-refractivity contribution in [2.24, 2.45) is 0 Å². The third kappa shape index (κ3) is 1.86. The molecule has 0 radical (unpaired) electrons. The number of benzene rings is 1. The van der Waals surface area contributed by atoms with Crippen molar-refractivity contribution in [2.45, 2.75) is 24.9 Å². The van der Waals surface area contributed by atoms with Gasteiger partial charge in [0.2, 0.25) is 6.41 Å². The highest BCUT2D eigenvalue weighted by atomic mass is 16.3. The number of carbonyl (C=O) groups excluding carboxylic acids is 1. The van der Waals surface area contributed by atoms with Crippen LogP contribution in [0.15, 0.2) is 36.5 Å². The fourth-order valence-electron chi connectivity index (χ4n) is 2.33. The molecule has 0 bridgehead atoms. The van der Waals surface area contributed by atoms with Gasteiger partial charge in [-0.3, -0.25) is 4.79 Å². The zero-order valence-electron chi connectivity index (χ0n) is 9.02. The van der Waals surface area contributed by atoms with Crippen molar-refractivity contribution in [3.63, 3.8) is 0 Å². The van der Waals surface area contributed by atoms with Crippen LogP contribution in [0.4, 0.5) is 0 Å². The van der Waals surface area contributed by atoms with Crippen molar-refractivity contribution in [1.29, 1.82) is 0 Å². The molecule has 2 atom stereocenters. The van der Waals surface area contributed by atoms with E-state index in [1.165, 1.54) is 5.56 Å². The van der Waals surface area contributed by atoms with E-state index in [1.807, 2.05) is 18.2 Å². The molecule has 1 aromatic carbocycles. The first kappa shape index (κ1) is 10.9. The van der Waals surface area contributed by atoms with Gasteiger partial charge < -0.3 is 10.4 Å². The molecule has 0 aliphatic heterocycles. The first-order chi connectivity index (χ1) is 7.74. The SMILES string of the molecule is C=C(NC=O)C1c2ccccc2CCC1O. The number of hydrogen-bond donors (Lipinski definition) is 2. The molecule has 2 rings (SSSR count). The third-order valence-electron chi connectivity index (χ3n) is 3.10. The summed E-state index contributed by atoms with van der Waals surface area (Å²) in [6, 6.07) is 7.98.